The number of hydrogen-bond acceptors (Lipinski definition) is 6. The van der Waals surface area contributed by atoms with Gasteiger partial charge in [-0.2, -0.15) is 9.61 Å². The van der Waals surface area contributed by atoms with E-state index in [-0.39, 0.29) is 24.0 Å². The second kappa shape index (κ2) is 7.24. The minimum atomic E-state index is -0.859. The number of ether oxygens (including phenoxy) is 1. The lowest BCUT2D eigenvalue weighted by molar-refractivity contribution is -0.140. The summed E-state index contributed by atoms with van der Waals surface area (Å²) in [6.07, 6.45) is 3.69. The minimum absolute atomic E-state index is 0.00566. The summed E-state index contributed by atoms with van der Waals surface area (Å²) < 4.78 is 21.8. The van der Waals surface area contributed by atoms with Crippen molar-refractivity contribution in [1.29, 1.82) is 0 Å². The Morgan fingerprint density at radius 1 is 1.18 bits per heavy atom. The Morgan fingerprint density at radius 3 is 2.76 bits per heavy atom. The first kappa shape index (κ1) is 20.1. The number of nitrogens with zero attached hydrogens (tertiary/aromatic N) is 5. The molecular weight excluding hydrogens is 427 g/mol. The largest absolute Gasteiger partial charge is 0.365 e. The van der Waals surface area contributed by atoms with E-state index < -0.39 is 11.5 Å². The van der Waals surface area contributed by atoms with Crippen LogP contribution >= 0.6 is 0 Å². The lowest BCUT2D eigenvalue weighted by atomic mass is 9.89. The Bertz CT molecular complexity index is 1270. The second-order valence-electron chi connectivity index (χ2n) is 8.88. The standard InChI is InChI=1S/C23H23FN6O3/c24-15-3-1-2-14(12-15)17-5-7-19-29(17)22(32)23(33-19)8-10-28(11-9-23)18-6-4-16(20(25)31)21-26-13-27-30(18)21/h1-4,6,12-13,17,19H,5,7-11H2,(H2,25,31)/t17-,19+/m0/s1. The first-order valence-electron chi connectivity index (χ1n) is 11.1. The average molecular weight is 450 g/mol. The number of carbonyl (C=O) groups excluding carboxylic acids is 2. The molecule has 5 heterocycles. The molecule has 3 fully saturated rings. The highest BCUT2D eigenvalue weighted by Gasteiger charge is 2.58. The van der Waals surface area contributed by atoms with E-state index in [1.54, 1.807) is 22.7 Å². The van der Waals surface area contributed by atoms with Crippen LogP contribution in [0.25, 0.3) is 5.65 Å². The Morgan fingerprint density at radius 2 is 2.00 bits per heavy atom. The lowest BCUT2D eigenvalue weighted by Gasteiger charge is -2.38. The smallest absolute Gasteiger partial charge is 0.257 e. The molecule has 3 saturated heterocycles. The van der Waals surface area contributed by atoms with Gasteiger partial charge in [0.2, 0.25) is 0 Å². The predicted octanol–water partition coefficient (Wildman–Crippen LogP) is 2.03. The number of carbonyl (C=O) groups is 2. The van der Waals surface area contributed by atoms with Crippen molar-refractivity contribution in [3.05, 3.63) is 59.7 Å². The SMILES string of the molecule is NC(=O)c1ccc(N2CCC3(CC2)O[C@@H]2CC[C@@H](c4cccc(F)c4)N2C3=O)n2ncnc12. The third kappa shape index (κ3) is 3.01. The highest BCUT2D eigenvalue weighted by Crippen LogP contribution is 2.48. The molecule has 2 N–H and O–H groups in total. The van der Waals surface area contributed by atoms with Crippen LogP contribution in [-0.4, -0.2) is 56.2 Å². The summed E-state index contributed by atoms with van der Waals surface area (Å²) >= 11 is 0. The number of amides is 2. The van der Waals surface area contributed by atoms with Gasteiger partial charge in [-0.05, 0) is 42.7 Å². The number of hydrogen-bond donors (Lipinski definition) is 1. The fraction of sp³-hybridized carbons (Fsp3) is 0.391. The van der Waals surface area contributed by atoms with Crippen LogP contribution in [0.4, 0.5) is 10.2 Å². The first-order chi connectivity index (χ1) is 16.0. The van der Waals surface area contributed by atoms with Crippen molar-refractivity contribution in [1.82, 2.24) is 19.5 Å². The highest BCUT2D eigenvalue weighted by molar-refractivity contribution is 5.99. The molecule has 170 valence electrons. The van der Waals surface area contributed by atoms with Crippen LogP contribution in [0.3, 0.4) is 0 Å². The van der Waals surface area contributed by atoms with Gasteiger partial charge in [-0.3, -0.25) is 9.59 Å². The zero-order chi connectivity index (χ0) is 22.7. The van der Waals surface area contributed by atoms with E-state index in [0.29, 0.717) is 37.1 Å². The van der Waals surface area contributed by atoms with Crippen molar-refractivity contribution in [2.45, 2.75) is 43.6 Å². The molecule has 2 aromatic heterocycles. The van der Waals surface area contributed by atoms with Crippen molar-refractivity contribution < 1.29 is 18.7 Å². The molecule has 3 aliphatic heterocycles. The van der Waals surface area contributed by atoms with Gasteiger partial charge < -0.3 is 20.3 Å². The molecular formula is C23H23FN6O3. The van der Waals surface area contributed by atoms with E-state index in [9.17, 15) is 14.0 Å². The number of primary amides is 1. The van der Waals surface area contributed by atoms with Gasteiger partial charge in [0.05, 0.1) is 11.6 Å². The molecule has 2 atom stereocenters. The number of benzene rings is 1. The van der Waals surface area contributed by atoms with Crippen molar-refractivity contribution >= 4 is 23.3 Å². The van der Waals surface area contributed by atoms with Gasteiger partial charge in [0.1, 0.15) is 24.2 Å². The van der Waals surface area contributed by atoms with Crippen LogP contribution in [0.15, 0.2) is 42.7 Å². The lowest BCUT2D eigenvalue weighted by Crippen LogP contribution is -2.50. The third-order valence-electron chi connectivity index (χ3n) is 7.12. The Labute approximate surface area is 188 Å². The minimum Gasteiger partial charge on any atom is -0.365 e. The van der Waals surface area contributed by atoms with E-state index in [2.05, 4.69) is 15.0 Å². The molecule has 0 saturated carbocycles. The summed E-state index contributed by atoms with van der Waals surface area (Å²) in [5.41, 5.74) is 6.12. The molecule has 1 aromatic carbocycles. The summed E-state index contributed by atoms with van der Waals surface area (Å²) in [5.74, 6) is -0.0799. The molecule has 1 spiro atoms. The molecule has 3 aliphatic rings. The van der Waals surface area contributed by atoms with Crippen molar-refractivity contribution in [2.24, 2.45) is 5.73 Å². The van der Waals surface area contributed by atoms with Gasteiger partial charge in [-0.15, -0.1) is 0 Å². The molecule has 6 rings (SSSR count). The molecule has 9 nitrogen and oxygen atoms in total. The summed E-state index contributed by atoms with van der Waals surface area (Å²) in [6, 6.07) is 9.77. The molecule has 0 unspecified atom stereocenters. The topological polar surface area (TPSA) is 106 Å². The fourth-order valence-electron chi connectivity index (χ4n) is 5.51. The van der Waals surface area contributed by atoms with Crippen molar-refractivity contribution in [2.75, 3.05) is 18.0 Å². The number of rotatable bonds is 3. The summed E-state index contributed by atoms with van der Waals surface area (Å²) in [4.78, 5) is 33.4. The van der Waals surface area contributed by atoms with Crippen LogP contribution in [0.5, 0.6) is 0 Å². The predicted molar refractivity (Wildman–Crippen MR) is 116 cm³/mol. The van der Waals surface area contributed by atoms with Gasteiger partial charge in [0.25, 0.3) is 11.8 Å². The highest BCUT2D eigenvalue weighted by atomic mass is 19.1. The number of pyridine rings is 1. The van der Waals surface area contributed by atoms with Gasteiger partial charge in [-0.1, -0.05) is 12.1 Å². The normalized spacial score (nSPS) is 24.1. The van der Waals surface area contributed by atoms with Crippen LogP contribution in [-0.2, 0) is 9.53 Å². The molecule has 33 heavy (non-hydrogen) atoms. The third-order valence-corrected chi connectivity index (χ3v) is 7.12. The zero-order valence-corrected chi connectivity index (χ0v) is 17.9. The van der Waals surface area contributed by atoms with Crippen LogP contribution in [0.1, 0.15) is 47.6 Å². The van der Waals surface area contributed by atoms with Crippen LogP contribution in [0, 0.1) is 5.82 Å². The maximum Gasteiger partial charge on any atom is 0.257 e. The number of anilines is 1. The van der Waals surface area contributed by atoms with Crippen LogP contribution < -0.4 is 10.6 Å². The average Bonchev–Trinajstić information content (AvgIpc) is 3.51. The van der Waals surface area contributed by atoms with Gasteiger partial charge in [0.15, 0.2) is 11.2 Å². The Kier molecular flexibility index (Phi) is 4.41. The second-order valence-corrected chi connectivity index (χ2v) is 8.88. The first-order valence-corrected chi connectivity index (χ1v) is 11.1. The Hall–Kier alpha value is -3.53. The molecule has 10 heteroatoms. The van der Waals surface area contributed by atoms with Gasteiger partial charge in [0, 0.05) is 25.9 Å². The molecule has 0 aliphatic carbocycles. The van der Waals surface area contributed by atoms with E-state index in [4.69, 9.17) is 10.5 Å². The number of piperidine rings is 1. The van der Waals surface area contributed by atoms with Crippen molar-refractivity contribution in [3.8, 4) is 0 Å². The van der Waals surface area contributed by atoms with E-state index in [0.717, 1.165) is 24.2 Å². The van der Waals surface area contributed by atoms with Crippen molar-refractivity contribution in [3.63, 3.8) is 0 Å². The zero-order valence-electron chi connectivity index (χ0n) is 17.9. The number of halogens is 1. The maximum absolute atomic E-state index is 13.8. The number of nitrogens with two attached hydrogens (primary N) is 1. The molecule has 0 bridgehead atoms. The molecule has 2 amide bonds. The van der Waals surface area contributed by atoms with E-state index in [1.807, 2.05) is 11.0 Å². The molecule has 3 aromatic rings. The Balaban J connectivity index is 1.23. The quantitative estimate of drug-likeness (QED) is 0.655. The van der Waals surface area contributed by atoms with E-state index >= 15 is 0 Å². The maximum atomic E-state index is 13.8. The summed E-state index contributed by atoms with van der Waals surface area (Å²) in [5, 5.41) is 4.26. The summed E-state index contributed by atoms with van der Waals surface area (Å²) in [7, 11) is 0. The molecule has 0 radical (unpaired) electrons. The van der Waals surface area contributed by atoms with E-state index in [1.165, 1.54) is 18.5 Å². The van der Waals surface area contributed by atoms with Crippen LogP contribution in [0.2, 0.25) is 0 Å². The number of fused-ring (bicyclic) bond motifs is 2. The summed E-state index contributed by atoms with van der Waals surface area (Å²) in [6.45, 7) is 1.17. The number of aromatic nitrogens is 3. The van der Waals surface area contributed by atoms with Gasteiger partial charge in [-0.25, -0.2) is 9.37 Å². The monoisotopic (exact) mass is 450 g/mol. The van der Waals surface area contributed by atoms with Gasteiger partial charge >= 0.3 is 0 Å². The fourth-order valence-corrected chi connectivity index (χ4v) is 5.51.